The number of nitrogens with one attached hydrogen (secondary N) is 1. The first-order valence-corrected chi connectivity index (χ1v) is 15.3. The molecule has 0 aliphatic heterocycles. The lowest BCUT2D eigenvalue weighted by Crippen LogP contribution is -2.39. The van der Waals surface area contributed by atoms with Crippen molar-refractivity contribution in [3.63, 3.8) is 0 Å². The molecule has 4 aromatic rings. The van der Waals surface area contributed by atoms with Crippen LogP contribution in [0.25, 0.3) is 5.69 Å². The van der Waals surface area contributed by atoms with Crippen molar-refractivity contribution in [2.75, 3.05) is 18.0 Å². The first-order chi connectivity index (χ1) is 20.3. The number of methoxy groups -OCH3 is 1. The van der Waals surface area contributed by atoms with Gasteiger partial charge in [0.25, 0.3) is 21.6 Å². The third-order valence-corrected chi connectivity index (χ3v) is 9.08. The molecule has 0 radical (unpaired) electrons. The lowest BCUT2D eigenvalue weighted by atomic mass is 10.2. The Morgan fingerprint density at radius 1 is 1.14 bits per heavy atom. The normalized spacial score (nSPS) is 11.5. The van der Waals surface area contributed by atoms with Crippen LogP contribution >= 0.6 is 27.5 Å². The highest BCUT2D eigenvalue weighted by atomic mass is 79.9. The van der Waals surface area contributed by atoms with Crippen LogP contribution in [0.3, 0.4) is 0 Å². The smallest absolute Gasteiger partial charge is 0.273 e. The fraction of sp³-hybridized carbons (Fsp3) is 0.172. The third-order valence-electron chi connectivity index (χ3n) is 6.59. The number of nitro groups is 1. The minimum Gasteiger partial charge on any atom is -0.495 e. The number of benzene rings is 3. The average Bonchev–Trinajstić information content (AvgIpc) is 3.23. The van der Waals surface area contributed by atoms with Crippen molar-refractivity contribution >= 4 is 61.1 Å². The molecule has 1 aromatic heterocycles. The van der Waals surface area contributed by atoms with Gasteiger partial charge in [0.2, 0.25) is 0 Å². The molecule has 3 aromatic carbocycles. The number of anilines is 1. The van der Waals surface area contributed by atoms with E-state index in [1.165, 1.54) is 50.6 Å². The Labute approximate surface area is 262 Å². The second-order valence-corrected chi connectivity index (χ2v) is 12.7. The summed E-state index contributed by atoms with van der Waals surface area (Å²) in [7, 11) is -3.18. The van der Waals surface area contributed by atoms with Gasteiger partial charge in [-0.05, 0) is 69.3 Å². The minimum absolute atomic E-state index is 0.0325. The Morgan fingerprint density at radius 3 is 2.56 bits per heavy atom. The SMILES string of the molecule is COc1ccc(Cl)cc1N(CC(=O)N/N=C\c1cc(C)n(-c2cccc(Br)c2)c1C)S(=O)(=O)c1ccc(C)c([N+](=O)[O-])c1. The lowest BCUT2D eigenvalue weighted by Gasteiger charge is -2.25. The first-order valence-electron chi connectivity index (χ1n) is 12.7. The molecule has 11 nitrogen and oxygen atoms in total. The van der Waals surface area contributed by atoms with Crippen LogP contribution in [0, 0.1) is 30.9 Å². The van der Waals surface area contributed by atoms with E-state index in [-0.39, 0.29) is 32.6 Å². The summed E-state index contributed by atoms with van der Waals surface area (Å²) in [5.41, 5.74) is 5.75. The van der Waals surface area contributed by atoms with E-state index in [1.54, 1.807) is 0 Å². The number of aromatic nitrogens is 1. The van der Waals surface area contributed by atoms with Crippen LogP contribution in [-0.4, -0.2) is 43.7 Å². The summed E-state index contributed by atoms with van der Waals surface area (Å²) < 4.78 is 36.8. The number of sulfonamides is 1. The van der Waals surface area contributed by atoms with Gasteiger partial charge in [0.05, 0.1) is 28.8 Å². The third kappa shape index (κ3) is 6.90. The van der Waals surface area contributed by atoms with E-state index in [0.717, 1.165) is 37.5 Å². The zero-order valence-corrected chi connectivity index (χ0v) is 26.7. The number of halogens is 2. The molecule has 0 saturated heterocycles. The Bertz CT molecular complexity index is 1860. The van der Waals surface area contributed by atoms with Crippen LogP contribution in [0.5, 0.6) is 5.75 Å². The van der Waals surface area contributed by atoms with Crippen LogP contribution < -0.4 is 14.5 Å². The Kier molecular flexibility index (Phi) is 9.58. The van der Waals surface area contributed by atoms with E-state index in [1.807, 2.05) is 48.7 Å². The van der Waals surface area contributed by atoms with Crippen molar-refractivity contribution in [1.82, 2.24) is 9.99 Å². The van der Waals surface area contributed by atoms with Crippen LogP contribution in [0.1, 0.15) is 22.5 Å². The molecule has 43 heavy (non-hydrogen) atoms. The predicted molar refractivity (Wildman–Crippen MR) is 169 cm³/mol. The van der Waals surface area contributed by atoms with E-state index in [4.69, 9.17) is 16.3 Å². The first kappa shape index (κ1) is 31.7. The molecule has 1 amide bonds. The maximum absolute atomic E-state index is 13.9. The fourth-order valence-electron chi connectivity index (χ4n) is 4.50. The second kappa shape index (κ2) is 13.0. The molecule has 14 heteroatoms. The fourth-order valence-corrected chi connectivity index (χ4v) is 6.50. The highest BCUT2D eigenvalue weighted by Gasteiger charge is 2.31. The summed E-state index contributed by atoms with van der Waals surface area (Å²) in [4.78, 5) is 23.6. The second-order valence-electron chi connectivity index (χ2n) is 9.47. The number of hydrogen-bond acceptors (Lipinski definition) is 7. The summed E-state index contributed by atoms with van der Waals surface area (Å²) in [6, 6.07) is 17.5. The summed E-state index contributed by atoms with van der Waals surface area (Å²) >= 11 is 9.66. The van der Waals surface area contributed by atoms with Crippen molar-refractivity contribution in [2.24, 2.45) is 5.10 Å². The number of nitro benzene ring substituents is 1. The van der Waals surface area contributed by atoms with Gasteiger partial charge in [-0.15, -0.1) is 0 Å². The van der Waals surface area contributed by atoms with Crippen molar-refractivity contribution in [2.45, 2.75) is 25.7 Å². The number of amides is 1. The maximum atomic E-state index is 13.9. The monoisotopic (exact) mass is 687 g/mol. The van der Waals surface area contributed by atoms with Crippen molar-refractivity contribution in [1.29, 1.82) is 0 Å². The topological polar surface area (TPSA) is 136 Å². The molecular weight excluding hydrogens is 662 g/mol. The van der Waals surface area contributed by atoms with Gasteiger partial charge in [-0.2, -0.15) is 5.10 Å². The predicted octanol–water partition coefficient (Wildman–Crippen LogP) is 6.08. The molecular formula is C29H27BrClN5O6S. The van der Waals surface area contributed by atoms with E-state index >= 15 is 0 Å². The largest absolute Gasteiger partial charge is 0.495 e. The molecule has 0 unspecified atom stereocenters. The van der Waals surface area contributed by atoms with Gasteiger partial charge in [-0.3, -0.25) is 19.2 Å². The van der Waals surface area contributed by atoms with E-state index < -0.39 is 27.4 Å². The van der Waals surface area contributed by atoms with Gasteiger partial charge in [-0.1, -0.05) is 39.7 Å². The molecule has 1 heterocycles. The minimum atomic E-state index is -4.52. The number of carbonyl (C=O) groups excluding carboxylic acids is 1. The van der Waals surface area contributed by atoms with E-state index in [2.05, 4.69) is 26.5 Å². The van der Waals surface area contributed by atoms with Gasteiger partial charge in [-0.25, -0.2) is 13.8 Å². The van der Waals surface area contributed by atoms with Gasteiger partial charge in [0.15, 0.2) is 0 Å². The average molecular weight is 689 g/mol. The number of carbonyl (C=O) groups is 1. The van der Waals surface area contributed by atoms with E-state index in [0.29, 0.717) is 0 Å². The van der Waals surface area contributed by atoms with Gasteiger partial charge < -0.3 is 9.30 Å². The highest BCUT2D eigenvalue weighted by molar-refractivity contribution is 9.10. The van der Waals surface area contributed by atoms with Gasteiger partial charge in [0, 0.05) is 43.8 Å². The van der Waals surface area contributed by atoms with Crippen LogP contribution in [-0.2, 0) is 14.8 Å². The van der Waals surface area contributed by atoms with Crippen LogP contribution in [0.4, 0.5) is 11.4 Å². The molecule has 0 bridgehead atoms. The molecule has 0 atom stereocenters. The number of nitrogens with zero attached hydrogens (tertiary/aromatic N) is 4. The van der Waals surface area contributed by atoms with Crippen LogP contribution in [0.15, 0.2) is 81.2 Å². The molecule has 4 rings (SSSR count). The Hall–Kier alpha value is -4.20. The Balaban J connectivity index is 1.65. The van der Waals surface area contributed by atoms with Gasteiger partial charge >= 0.3 is 0 Å². The summed E-state index contributed by atoms with van der Waals surface area (Å²) in [6.45, 7) is 4.63. The summed E-state index contributed by atoms with van der Waals surface area (Å²) in [5.74, 6) is -0.657. The standard InChI is InChI=1S/C29H27BrClN5O6S/c1-18-8-10-25(15-26(18)36(38)39)43(40,41)34(27-14-23(31)9-11-28(27)42-4)17-29(37)33-32-16-21-12-19(2)35(20(21)3)24-7-5-6-22(30)13-24/h5-16H,17H2,1-4H3,(H,33,37)/b32-16-. The molecule has 0 saturated carbocycles. The summed E-state index contributed by atoms with van der Waals surface area (Å²) in [5, 5.41) is 15.8. The lowest BCUT2D eigenvalue weighted by molar-refractivity contribution is -0.385. The van der Waals surface area contributed by atoms with E-state index in [9.17, 15) is 23.3 Å². The van der Waals surface area contributed by atoms with Crippen LogP contribution in [0.2, 0.25) is 5.02 Å². The molecule has 0 aliphatic carbocycles. The maximum Gasteiger partial charge on any atom is 0.273 e. The van der Waals surface area contributed by atoms with Crippen molar-refractivity contribution in [3.05, 3.63) is 109 Å². The highest BCUT2D eigenvalue weighted by Crippen LogP contribution is 2.35. The number of hydrazone groups is 1. The molecule has 0 aliphatic rings. The summed E-state index contributed by atoms with van der Waals surface area (Å²) in [6.07, 6.45) is 1.47. The van der Waals surface area contributed by atoms with Gasteiger partial charge in [0.1, 0.15) is 12.3 Å². The molecule has 0 fully saturated rings. The van der Waals surface area contributed by atoms with Crippen molar-refractivity contribution in [3.8, 4) is 11.4 Å². The quantitative estimate of drug-likeness (QED) is 0.122. The number of rotatable bonds is 10. The molecule has 1 N–H and O–H groups in total. The zero-order chi connectivity index (χ0) is 31.5. The zero-order valence-electron chi connectivity index (χ0n) is 23.5. The van der Waals surface area contributed by atoms with Crippen molar-refractivity contribution < 1.29 is 22.9 Å². The molecule has 224 valence electrons. The number of aryl methyl sites for hydroxylation is 2. The molecule has 0 spiro atoms. The Morgan fingerprint density at radius 2 is 1.88 bits per heavy atom. The number of hydrogen-bond donors (Lipinski definition) is 1. The number of ether oxygens (including phenoxy) is 1.